The third-order valence-corrected chi connectivity index (χ3v) is 6.43. The first-order valence-electron chi connectivity index (χ1n) is 10.2. The van der Waals surface area contributed by atoms with E-state index in [1.165, 1.54) is 16.2 Å². The fourth-order valence-electron chi connectivity index (χ4n) is 3.79. The zero-order valence-corrected chi connectivity index (χ0v) is 18.4. The predicted octanol–water partition coefficient (Wildman–Crippen LogP) is 3.35. The van der Waals surface area contributed by atoms with Crippen LogP contribution in [-0.4, -0.2) is 45.8 Å². The summed E-state index contributed by atoms with van der Waals surface area (Å²) in [5, 5.41) is 5.37. The lowest BCUT2D eigenvalue weighted by atomic mass is 10.1. The molecular formula is C22H27N5O2S. The van der Waals surface area contributed by atoms with Crippen molar-refractivity contribution in [3.05, 3.63) is 46.6 Å². The van der Waals surface area contributed by atoms with Crippen molar-refractivity contribution in [2.45, 2.75) is 39.2 Å². The number of nitrogens with zero attached hydrogens (tertiary/aromatic N) is 4. The molecule has 1 amide bonds. The molecule has 0 saturated carbocycles. The minimum atomic E-state index is 0.0874. The molecule has 0 bridgehead atoms. The third-order valence-electron chi connectivity index (χ3n) is 5.45. The lowest BCUT2D eigenvalue weighted by Crippen LogP contribution is -2.36. The quantitative estimate of drug-likeness (QED) is 0.677. The number of hydrogen-bond donors (Lipinski definition) is 1. The molecule has 0 aliphatic carbocycles. The number of rotatable bonds is 5. The number of anilines is 1. The number of benzene rings is 1. The summed E-state index contributed by atoms with van der Waals surface area (Å²) in [6, 6.07) is 9.90. The van der Waals surface area contributed by atoms with E-state index in [0.29, 0.717) is 18.2 Å². The van der Waals surface area contributed by atoms with Crippen LogP contribution in [0, 0.1) is 0 Å². The summed E-state index contributed by atoms with van der Waals surface area (Å²) in [5.74, 6) is 1.16. The molecule has 3 aromatic rings. The van der Waals surface area contributed by atoms with Crippen LogP contribution >= 0.6 is 11.3 Å². The summed E-state index contributed by atoms with van der Waals surface area (Å²) in [5.41, 5.74) is 9.79. The van der Waals surface area contributed by atoms with Gasteiger partial charge in [0.1, 0.15) is 12.3 Å². The number of nitrogen functional groups attached to an aromatic ring is 1. The minimum Gasteiger partial charge on any atom is -0.497 e. The van der Waals surface area contributed by atoms with Crippen LogP contribution in [-0.2, 0) is 24.2 Å². The van der Waals surface area contributed by atoms with Gasteiger partial charge in [0.15, 0.2) is 5.13 Å². The van der Waals surface area contributed by atoms with Crippen LogP contribution in [0.15, 0.2) is 30.3 Å². The maximum Gasteiger partial charge on any atom is 0.244 e. The van der Waals surface area contributed by atoms with E-state index < -0.39 is 0 Å². The highest BCUT2D eigenvalue weighted by Gasteiger charge is 2.23. The van der Waals surface area contributed by atoms with Gasteiger partial charge in [-0.15, -0.1) is 11.3 Å². The van der Waals surface area contributed by atoms with Crippen LogP contribution in [0.2, 0.25) is 0 Å². The van der Waals surface area contributed by atoms with Crippen LogP contribution < -0.4 is 10.5 Å². The van der Waals surface area contributed by atoms with E-state index in [-0.39, 0.29) is 18.4 Å². The number of nitrogens with two attached hydrogens (primary N) is 1. The zero-order valence-electron chi connectivity index (χ0n) is 17.6. The number of aromatic nitrogens is 3. The standard InChI is InChI=1S/C22H27N5O2S/c1-14(2)19-12-18(15-4-6-16(29-3)7-5-15)25-27(19)13-21(28)26-10-8-17-20(9-11-26)30-22(23)24-17/h4-7,12,14H,8-11,13H2,1-3H3,(H2,23,24). The van der Waals surface area contributed by atoms with Gasteiger partial charge in [-0.05, 0) is 36.2 Å². The number of ether oxygens (including phenoxy) is 1. The molecule has 30 heavy (non-hydrogen) atoms. The summed E-state index contributed by atoms with van der Waals surface area (Å²) in [6.45, 7) is 5.84. The van der Waals surface area contributed by atoms with Crippen LogP contribution in [0.4, 0.5) is 5.13 Å². The van der Waals surface area contributed by atoms with Crippen molar-refractivity contribution >= 4 is 22.4 Å². The SMILES string of the molecule is COc1ccc(-c2cc(C(C)C)n(CC(=O)N3CCc4nc(N)sc4CC3)n2)cc1. The lowest BCUT2D eigenvalue weighted by Gasteiger charge is -2.21. The molecule has 0 unspecified atom stereocenters. The highest BCUT2D eigenvalue weighted by atomic mass is 32.1. The second-order valence-corrected chi connectivity index (χ2v) is 8.91. The summed E-state index contributed by atoms with van der Waals surface area (Å²) in [7, 11) is 1.65. The molecule has 2 aromatic heterocycles. The molecule has 0 spiro atoms. The molecule has 7 nitrogen and oxygen atoms in total. The van der Waals surface area contributed by atoms with Crippen molar-refractivity contribution < 1.29 is 9.53 Å². The normalized spacial score (nSPS) is 13.9. The summed E-state index contributed by atoms with van der Waals surface area (Å²) in [4.78, 5) is 20.6. The first kappa shape index (κ1) is 20.4. The second kappa shape index (κ2) is 8.47. The first-order chi connectivity index (χ1) is 14.4. The number of methoxy groups -OCH3 is 1. The average molecular weight is 426 g/mol. The van der Waals surface area contributed by atoms with Gasteiger partial charge in [-0.1, -0.05) is 13.8 Å². The molecule has 8 heteroatoms. The second-order valence-electron chi connectivity index (χ2n) is 7.80. The largest absolute Gasteiger partial charge is 0.497 e. The molecule has 0 fully saturated rings. The number of amides is 1. The van der Waals surface area contributed by atoms with Crippen molar-refractivity contribution in [2.24, 2.45) is 0 Å². The Labute approximate surface area is 180 Å². The fraction of sp³-hybridized carbons (Fsp3) is 0.409. The smallest absolute Gasteiger partial charge is 0.244 e. The van der Waals surface area contributed by atoms with E-state index in [4.69, 9.17) is 15.6 Å². The number of carbonyl (C=O) groups excluding carboxylic acids is 1. The van der Waals surface area contributed by atoms with Gasteiger partial charge in [0, 0.05) is 42.1 Å². The molecule has 3 heterocycles. The van der Waals surface area contributed by atoms with Crippen molar-refractivity contribution in [3.8, 4) is 17.0 Å². The summed E-state index contributed by atoms with van der Waals surface area (Å²) in [6.07, 6.45) is 1.56. The molecule has 4 rings (SSSR count). The molecule has 1 aliphatic heterocycles. The van der Waals surface area contributed by atoms with Crippen molar-refractivity contribution in [3.63, 3.8) is 0 Å². The first-order valence-corrected chi connectivity index (χ1v) is 11.0. The Morgan fingerprint density at radius 2 is 1.97 bits per heavy atom. The van der Waals surface area contributed by atoms with E-state index in [2.05, 4.69) is 24.9 Å². The Kier molecular flexibility index (Phi) is 5.76. The molecule has 0 radical (unpaired) electrons. The van der Waals surface area contributed by atoms with E-state index in [9.17, 15) is 4.79 Å². The topological polar surface area (TPSA) is 86.3 Å². The highest BCUT2D eigenvalue weighted by molar-refractivity contribution is 7.15. The Morgan fingerprint density at radius 3 is 2.67 bits per heavy atom. The van der Waals surface area contributed by atoms with Gasteiger partial charge in [-0.3, -0.25) is 9.48 Å². The number of hydrogen-bond acceptors (Lipinski definition) is 6. The van der Waals surface area contributed by atoms with Crippen molar-refractivity contribution in [2.75, 3.05) is 25.9 Å². The van der Waals surface area contributed by atoms with Gasteiger partial charge in [-0.25, -0.2) is 4.98 Å². The molecule has 1 aliphatic rings. The molecule has 0 atom stereocenters. The Bertz CT molecular complexity index is 1010. The number of carbonyl (C=O) groups is 1. The van der Waals surface area contributed by atoms with Crippen molar-refractivity contribution in [1.82, 2.24) is 19.7 Å². The molecule has 1 aromatic carbocycles. The molecule has 2 N–H and O–H groups in total. The van der Waals surface area contributed by atoms with Crippen LogP contribution in [0.3, 0.4) is 0 Å². The number of thiazole rings is 1. The predicted molar refractivity (Wildman–Crippen MR) is 119 cm³/mol. The minimum absolute atomic E-state index is 0.0874. The maximum absolute atomic E-state index is 13.1. The van der Waals surface area contributed by atoms with E-state index >= 15 is 0 Å². The summed E-state index contributed by atoms with van der Waals surface area (Å²) >= 11 is 1.53. The highest BCUT2D eigenvalue weighted by Crippen LogP contribution is 2.27. The molecule has 0 saturated heterocycles. The Morgan fingerprint density at radius 1 is 1.23 bits per heavy atom. The maximum atomic E-state index is 13.1. The van der Waals surface area contributed by atoms with Crippen molar-refractivity contribution in [1.29, 1.82) is 0 Å². The lowest BCUT2D eigenvalue weighted by molar-refractivity contribution is -0.132. The Balaban J connectivity index is 1.51. The zero-order chi connectivity index (χ0) is 21.3. The van der Waals surface area contributed by atoms with Gasteiger partial charge in [-0.2, -0.15) is 5.10 Å². The molecular weight excluding hydrogens is 398 g/mol. The molecule has 158 valence electrons. The Hall–Kier alpha value is -2.87. The average Bonchev–Trinajstić information content (AvgIpc) is 3.25. The van der Waals surface area contributed by atoms with Gasteiger partial charge >= 0.3 is 0 Å². The number of fused-ring (bicyclic) bond motifs is 1. The van der Waals surface area contributed by atoms with Crippen LogP contribution in [0.25, 0.3) is 11.3 Å². The van der Waals surface area contributed by atoms with E-state index in [1.807, 2.05) is 33.8 Å². The third kappa shape index (κ3) is 4.18. The van der Waals surface area contributed by atoms with Gasteiger partial charge < -0.3 is 15.4 Å². The van der Waals surface area contributed by atoms with Gasteiger partial charge in [0.05, 0.1) is 18.5 Å². The van der Waals surface area contributed by atoms with Gasteiger partial charge in [0.25, 0.3) is 0 Å². The van der Waals surface area contributed by atoms with E-state index in [0.717, 1.165) is 41.2 Å². The van der Waals surface area contributed by atoms with Gasteiger partial charge in [0.2, 0.25) is 5.91 Å². The fourth-order valence-corrected chi connectivity index (χ4v) is 4.65. The van der Waals surface area contributed by atoms with E-state index in [1.54, 1.807) is 7.11 Å². The van der Waals surface area contributed by atoms with Crippen LogP contribution in [0.5, 0.6) is 5.75 Å². The monoisotopic (exact) mass is 425 g/mol. The van der Waals surface area contributed by atoms with Crippen LogP contribution in [0.1, 0.15) is 36.0 Å². The summed E-state index contributed by atoms with van der Waals surface area (Å²) < 4.78 is 7.09.